The van der Waals surface area contributed by atoms with Gasteiger partial charge < -0.3 is 9.80 Å². The molecule has 2 saturated heterocycles. The Hall–Kier alpha value is -1.55. The first-order chi connectivity index (χ1) is 11.1. The highest BCUT2D eigenvalue weighted by atomic mass is 35.5. The molecule has 2 aliphatic rings. The number of carbonyl (C=O) groups excluding carboxylic acids is 2. The van der Waals surface area contributed by atoms with E-state index in [9.17, 15) is 9.59 Å². The molecule has 0 aromatic heterocycles. The van der Waals surface area contributed by atoms with Crippen LogP contribution in [0.25, 0.3) is 0 Å². The van der Waals surface area contributed by atoms with Crippen LogP contribution >= 0.6 is 11.6 Å². The monoisotopic (exact) mass is 334 g/mol. The number of amides is 2. The van der Waals surface area contributed by atoms with Crippen molar-refractivity contribution in [1.29, 1.82) is 0 Å². The third-order valence-corrected chi connectivity index (χ3v) is 5.20. The second kappa shape index (κ2) is 6.91. The van der Waals surface area contributed by atoms with E-state index in [0.717, 1.165) is 38.8 Å². The van der Waals surface area contributed by atoms with Crippen molar-refractivity contribution in [2.45, 2.75) is 38.6 Å². The fraction of sp³-hybridized carbons (Fsp3) is 0.556. The lowest BCUT2D eigenvalue weighted by Gasteiger charge is -2.34. The quantitative estimate of drug-likeness (QED) is 0.833. The molecular weight excluding hydrogens is 312 g/mol. The van der Waals surface area contributed by atoms with E-state index in [1.54, 1.807) is 29.2 Å². The first-order valence-electron chi connectivity index (χ1n) is 8.41. The molecule has 3 rings (SSSR count). The van der Waals surface area contributed by atoms with E-state index in [-0.39, 0.29) is 17.9 Å². The Labute approximate surface area is 142 Å². The summed E-state index contributed by atoms with van der Waals surface area (Å²) in [4.78, 5) is 29.2. The van der Waals surface area contributed by atoms with Crippen LogP contribution in [0.5, 0.6) is 0 Å². The predicted molar refractivity (Wildman–Crippen MR) is 90.5 cm³/mol. The Morgan fingerprint density at radius 2 is 1.87 bits per heavy atom. The summed E-state index contributed by atoms with van der Waals surface area (Å²) in [5, 5.41) is 0.544. The lowest BCUT2D eigenvalue weighted by atomic mass is 9.98. The molecule has 2 heterocycles. The van der Waals surface area contributed by atoms with Gasteiger partial charge in [0.15, 0.2) is 0 Å². The van der Waals surface area contributed by atoms with Crippen molar-refractivity contribution in [2.75, 3.05) is 19.6 Å². The van der Waals surface area contributed by atoms with Crippen molar-refractivity contribution >= 4 is 23.4 Å². The third kappa shape index (κ3) is 3.52. The van der Waals surface area contributed by atoms with Gasteiger partial charge in [-0.3, -0.25) is 9.59 Å². The highest BCUT2D eigenvalue weighted by molar-refractivity contribution is 6.31. The number of halogens is 1. The van der Waals surface area contributed by atoms with Gasteiger partial charge in [0.2, 0.25) is 5.91 Å². The Morgan fingerprint density at radius 1 is 1.13 bits per heavy atom. The van der Waals surface area contributed by atoms with Gasteiger partial charge in [0.25, 0.3) is 5.91 Å². The topological polar surface area (TPSA) is 40.6 Å². The van der Waals surface area contributed by atoms with Crippen molar-refractivity contribution in [2.24, 2.45) is 5.92 Å². The average molecular weight is 335 g/mol. The van der Waals surface area contributed by atoms with Gasteiger partial charge in [0, 0.05) is 30.2 Å². The Morgan fingerprint density at radius 3 is 2.57 bits per heavy atom. The molecule has 1 aromatic rings. The number of hydrogen-bond acceptors (Lipinski definition) is 2. The summed E-state index contributed by atoms with van der Waals surface area (Å²) < 4.78 is 0. The molecule has 5 heteroatoms. The molecule has 2 aliphatic heterocycles. The maximum Gasteiger partial charge on any atom is 0.254 e. The van der Waals surface area contributed by atoms with Crippen LogP contribution in [0.1, 0.15) is 43.0 Å². The van der Waals surface area contributed by atoms with Crippen LogP contribution in [0.4, 0.5) is 0 Å². The molecule has 0 bridgehead atoms. The van der Waals surface area contributed by atoms with E-state index >= 15 is 0 Å². The summed E-state index contributed by atoms with van der Waals surface area (Å²) in [6.45, 7) is 4.50. The zero-order chi connectivity index (χ0) is 16.4. The standard InChI is InChI=1S/C18H23ClN2O2/c1-13-7-10-20(11-8-13)18(23)16-6-3-9-21(16)17(22)14-4-2-5-15(19)12-14/h2,4-5,12-13,16H,3,6-11H2,1H3/t16-/m0/s1. The SMILES string of the molecule is CC1CCN(C(=O)[C@@H]2CCCN2C(=O)c2cccc(Cl)c2)CC1. The summed E-state index contributed by atoms with van der Waals surface area (Å²) >= 11 is 5.98. The average Bonchev–Trinajstić information content (AvgIpc) is 3.03. The maximum atomic E-state index is 12.8. The predicted octanol–water partition coefficient (Wildman–Crippen LogP) is 3.20. The van der Waals surface area contributed by atoms with E-state index in [1.165, 1.54) is 0 Å². The molecule has 1 atom stereocenters. The number of hydrogen-bond donors (Lipinski definition) is 0. The first-order valence-corrected chi connectivity index (χ1v) is 8.79. The summed E-state index contributed by atoms with van der Waals surface area (Å²) in [6.07, 6.45) is 3.76. The summed E-state index contributed by atoms with van der Waals surface area (Å²) in [6, 6.07) is 6.65. The molecule has 0 spiro atoms. The number of carbonyl (C=O) groups is 2. The fourth-order valence-electron chi connectivity index (χ4n) is 3.49. The van der Waals surface area contributed by atoms with Gasteiger partial charge in [0.1, 0.15) is 6.04 Å². The van der Waals surface area contributed by atoms with E-state index in [0.29, 0.717) is 23.0 Å². The van der Waals surface area contributed by atoms with Crippen LogP contribution in [0.15, 0.2) is 24.3 Å². The third-order valence-electron chi connectivity index (χ3n) is 4.97. The van der Waals surface area contributed by atoms with Crippen LogP contribution in [0, 0.1) is 5.92 Å². The van der Waals surface area contributed by atoms with Gasteiger partial charge >= 0.3 is 0 Å². The fourth-order valence-corrected chi connectivity index (χ4v) is 3.68. The lowest BCUT2D eigenvalue weighted by molar-refractivity contribution is -0.136. The Balaban J connectivity index is 1.72. The minimum absolute atomic E-state index is 0.0891. The smallest absolute Gasteiger partial charge is 0.254 e. The lowest BCUT2D eigenvalue weighted by Crippen LogP contribution is -2.49. The van der Waals surface area contributed by atoms with Gasteiger partial charge in [-0.05, 0) is 49.8 Å². The molecule has 2 fully saturated rings. The summed E-state index contributed by atoms with van der Waals surface area (Å²) in [5.74, 6) is 0.713. The van der Waals surface area contributed by atoms with Crippen molar-refractivity contribution in [3.63, 3.8) is 0 Å². The molecule has 0 N–H and O–H groups in total. The minimum atomic E-state index is -0.310. The van der Waals surface area contributed by atoms with Crippen LogP contribution < -0.4 is 0 Å². The van der Waals surface area contributed by atoms with E-state index in [1.807, 2.05) is 4.90 Å². The Kier molecular flexibility index (Phi) is 4.90. The van der Waals surface area contributed by atoms with Crippen molar-refractivity contribution < 1.29 is 9.59 Å². The van der Waals surface area contributed by atoms with Gasteiger partial charge in [-0.1, -0.05) is 24.6 Å². The zero-order valence-corrected chi connectivity index (χ0v) is 14.3. The largest absolute Gasteiger partial charge is 0.341 e. The zero-order valence-electron chi connectivity index (χ0n) is 13.5. The molecule has 0 saturated carbocycles. The van der Waals surface area contributed by atoms with Crippen LogP contribution in [-0.4, -0.2) is 47.3 Å². The van der Waals surface area contributed by atoms with Gasteiger partial charge in [-0.2, -0.15) is 0 Å². The van der Waals surface area contributed by atoms with Crippen LogP contribution in [-0.2, 0) is 4.79 Å². The number of nitrogens with zero attached hydrogens (tertiary/aromatic N) is 2. The Bertz CT molecular complexity index is 596. The number of piperidine rings is 1. The van der Waals surface area contributed by atoms with Gasteiger partial charge in [-0.25, -0.2) is 0 Å². The molecule has 23 heavy (non-hydrogen) atoms. The summed E-state index contributed by atoms with van der Waals surface area (Å²) in [7, 11) is 0. The maximum absolute atomic E-state index is 12.8. The second-order valence-corrected chi connectivity index (χ2v) is 7.11. The normalized spacial score (nSPS) is 22.4. The van der Waals surface area contributed by atoms with E-state index in [4.69, 9.17) is 11.6 Å². The molecule has 124 valence electrons. The number of likely N-dealkylation sites (tertiary alicyclic amines) is 2. The molecule has 4 nitrogen and oxygen atoms in total. The van der Waals surface area contributed by atoms with Crippen molar-refractivity contribution in [3.8, 4) is 0 Å². The first kappa shape index (κ1) is 16.3. The van der Waals surface area contributed by atoms with Gasteiger partial charge in [-0.15, -0.1) is 0 Å². The molecule has 0 unspecified atom stereocenters. The van der Waals surface area contributed by atoms with Crippen LogP contribution in [0.2, 0.25) is 5.02 Å². The van der Waals surface area contributed by atoms with E-state index in [2.05, 4.69) is 6.92 Å². The minimum Gasteiger partial charge on any atom is -0.341 e. The summed E-state index contributed by atoms with van der Waals surface area (Å²) in [5.41, 5.74) is 0.560. The van der Waals surface area contributed by atoms with E-state index < -0.39 is 0 Å². The van der Waals surface area contributed by atoms with Crippen molar-refractivity contribution in [3.05, 3.63) is 34.9 Å². The number of benzene rings is 1. The van der Waals surface area contributed by atoms with Gasteiger partial charge in [0.05, 0.1) is 0 Å². The molecule has 0 radical (unpaired) electrons. The molecule has 1 aromatic carbocycles. The van der Waals surface area contributed by atoms with Crippen LogP contribution in [0.3, 0.4) is 0 Å². The molecule has 2 amide bonds. The number of rotatable bonds is 2. The second-order valence-electron chi connectivity index (χ2n) is 6.67. The highest BCUT2D eigenvalue weighted by Gasteiger charge is 2.37. The highest BCUT2D eigenvalue weighted by Crippen LogP contribution is 2.25. The molecule has 0 aliphatic carbocycles. The van der Waals surface area contributed by atoms with Crippen molar-refractivity contribution in [1.82, 2.24) is 9.80 Å². The molecular formula is C18H23ClN2O2.